The number of fused-ring (bicyclic) bond motifs is 1. The summed E-state index contributed by atoms with van der Waals surface area (Å²) in [6.07, 6.45) is 0. The highest BCUT2D eigenvalue weighted by molar-refractivity contribution is 8.00. The molecule has 9 heteroatoms. The van der Waals surface area contributed by atoms with Crippen molar-refractivity contribution >= 4 is 23.5 Å². The summed E-state index contributed by atoms with van der Waals surface area (Å²) in [6, 6.07) is 3.28. The van der Waals surface area contributed by atoms with E-state index in [4.69, 9.17) is 9.47 Å². The summed E-state index contributed by atoms with van der Waals surface area (Å²) in [5.74, 6) is 0.860. The first-order chi connectivity index (χ1) is 12.4. The number of aromatic hydroxyl groups is 1. The zero-order valence-corrected chi connectivity index (χ0v) is 15.8. The number of carbonyl (C=O) groups is 1. The quantitative estimate of drug-likeness (QED) is 0.752. The normalized spacial score (nSPS) is 16.8. The maximum absolute atomic E-state index is 12.7. The van der Waals surface area contributed by atoms with Gasteiger partial charge in [0.25, 0.3) is 5.56 Å². The molecule has 1 aliphatic rings. The van der Waals surface area contributed by atoms with Gasteiger partial charge in [0.2, 0.25) is 11.7 Å². The van der Waals surface area contributed by atoms with Crippen LogP contribution in [-0.2, 0) is 4.79 Å². The van der Waals surface area contributed by atoms with Gasteiger partial charge in [0.1, 0.15) is 5.82 Å². The maximum atomic E-state index is 12.7. The molecule has 1 unspecified atom stereocenters. The standard InChI is InChI=1S/C17H21N3O5S/c1-8(2)20-16-13(17(23)19-20)15(26-7-12(21)18-16)9-5-10(24-3)14(22)11(6-9)25-4/h5-6,8,15,22H,7H2,1-4H3,(H,18,21)(H,19,23). The lowest BCUT2D eigenvalue weighted by Crippen LogP contribution is -2.17. The number of nitrogens with one attached hydrogen (secondary N) is 2. The molecule has 1 atom stereocenters. The van der Waals surface area contributed by atoms with Gasteiger partial charge in [-0.15, -0.1) is 11.8 Å². The Morgan fingerprint density at radius 2 is 1.85 bits per heavy atom. The Labute approximate surface area is 154 Å². The summed E-state index contributed by atoms with van der Waals surface area (Å²) in [5, 5.41) is 15.3. The second-order valence-electron chi connectivity index (χ2n) is 6.18. The lowest BCUT2D eigenvalue weighted by Gasteiger charge is -2.17. The average molecular weight is 379 g/mol. The van der Waals surface area contributed by atoms with Crippen LogP contribution in [0.15, 0.2) is 16.9 Å². The number of hydrogen-bond acceptors (Lipinski definition) is 6. The molecule has 2 aromatic rings. The Hall–Kier alpha value is -2.55. The Morgan fingerprint density at radius 3 is 2.38 bits per heavy atom. The highest BCUT2D eigenvalue weighted by Crippen LogP contribution is 2.45. The predicted octanol–water partition coefficient (Wildman–Crippen LogP) is 2.25. The zero-order valence-electron chi connectivity index (χ0n) is 15.0. The number of carbonyl (C=O) groups excluding carboxylic acids is 1. The van der Waals surface area contributed by atoms with Crippen molar-refractivity contribution < 1.29 is 19.4 Å². The van der Waals surface area contributed by atoms with E-state index < -0.39 is 5.25 Å². The average Bonchev–Trinajstić information content (AvgIpc) is 2.82. The summed E-state index contributed by atoms with van der Waals surface area (Å²) in [6.45, 7) is 3.84. The van der Waals surface area contributed by atoms with Crippen molar-refractivity contribution in [2.45, 2.75) is 25.1 Å². The molecule has 1 aliphatic heterocycles. The fourth-order valence-corrected chi connectivity index (χ4v) is 4.06. The van der Waals surface area contributed by atoms with Crippen molar-refractivity contribution in [2.75, 3.05) is 25.3 Å². The number of rotatable bonds is 4. The maximum Gasteiger partial charge on any atom is 0.270 e. The van der Waals surface area contributed by atoms with Crippen LogP contribution in [0.1, 0.15) is 36.3 Å². The van der Waals surface area contributed by atoms with Gasteiger partial charge in [0, 0.05) is 6.04 Å². The monoisotopic (exact) mass is 379 g/mol. The van der Waals surface area contributed by atoms with Gasteiger partial charge in [0.05, 0.1) is 30.8 Å². The van der Waals surface area contributed by atoms with E-state index in [2.05, 4.69) is 10.4 Å². The molecule has 140 valence electrons. The summed E-state index contributed by atoms with van der Waals surface area (Å²) in [4.78, 5) is 24.8. The number of benzene rings is 1. The molecule has 2 heterocycles. The fraction of sp³-hybridized carbons (Fsp3) is 0.412. The summed E-state index contributed by atoms with van der Waals surface area (Å²) in [7, 11) is 2.88. The van der Waals surface area contributed by atoms with Gasteiger partial charge >= 0.3 is 0 Å². The SMILES string of the molecule is COc1cc(C2SCC(=O)Nc3c2c(=O)[nH]n3C(C)C)cc(OC)c1O. The zero-order chi connectivity index (χ0) is 19.0. The first-order valence-electron chi connectivity index (χ1n) is 8.08. The number of phenolic OH excluding ortho intramolecular Hbond substituents is 1. The molecule has 0 spiro atoms. The second kappa shape index (κ2) is 6.99. The highest BCUT2D eigenvalue weighted by Gasteiger charge is 2.32. The third-order valence-electron chi connectivity index (χ3n) is 4.19. The Kier molecular flexibility index (Phi) is 4.90. The number of aromatic amines is 1. The number of nitrogens with zero attached hydrogens (tertiary/aromatic N) is 1. The van der Waals surface area contributed by atoms with Crippen LogP contribution in [0, 0.1) is 0 Å². The summed E-state index contributed by atoms with van der Waals surface area (Å²) >= 11 is 1.33. The first-order valence-corrected chi connectivity index (χ1v) is 9.13. The van der Waals surface area contributed by atoms with Crippen LogP contribution < -0.4 is 20.3 Å². The van der Waals surface area contributed by atoms with Crippen molar-refractivity contribution in [2.24, 2.45) is 0 Å². The minimum atomic E-state index is -0.420. The number of anilines is 1. The van der Waals surface area contributed by atoms with Crippen molar-refractivity contribution in [3.05, 3.63) is 33.6 Å². The number of H-pyrrole nitrogens is 1. The van der Waals surface area contributed by atoms with Gasteiger partial charge in [-0.2, -0.15) is 0 Å². The van der Waals surface area contributed by atoms with E-state index in [-0.39, 0.29) is 40.5 Å². The molecule has 1 amide bonds. The molecule has 3 rings (SSSR count). The Balaban J connectivity index is 2.22. The number of amides is 1. The van der Waals surface area contributed by atoms with Crippen molar-refractivity contribution in [3.8, 4) is 17.2 Å². The lowest BCUT2D eigenvalue weighted by molar-refractivity contribution is -0.113. The van der Waals surface area contributed by atoms with Gasteiger partial charge in [-0.05, 0) is 31.5 Å². The van der Waals surface area contributed by atoms with E-state index >= 15 is 0 Å². The molecule has 0 bridgehead atoms. The van der Waals surface area contributed by atoms with Gasteiger partial charge in [0.15, 0.2) is 11.5 Å². The van der Waals surface area contributed by atoms with Crippen molar-refractivity contribution in [3.63, 3.8) is 0 Å². The molecule has 0 radical (unpaired) electrons. The number of methoxy groups -OCH3 is 2. The molecule has 0 saturated heterocycles. The van der Waals surface area contributed by atoms with Crippen LogP contribution in [0.2, 0.25) is 0 Å². The smallest absolute Gasteiger partial charge is 0.270 e. The number of hydrogen-bond donors (Lipinski definition) is 3. The van der Waals surface area contributed by atoms with E-state index in [1.54, 1.807) is 16.8 Å². The molecular formula is C17H21N3O5S. The van der Waals surface area contributed by atoms with Crippen LogP contribution >= 0.6 is 11.8 Å². The minimum absolute atomic E-state index is 0.0283. The predicted molar refractivity (Wildman–Crippen MR) is 99.6 cm³/mol. The number of thioether (sulfide) groups is 1. The minimum Gasteiger partial charge on any atom is -0.502 e. The molecule has 1 aromatic carbocycles. The third-order valence-corrected chi connectivity index (χ3v) is 5.46. The van der Waals surface area contributed by atoms with E-state index in [0.29, 0.717) is 16.9 Å². The van der Waals surface area contributed by atoms with Crippen LogP contribution in [-0.4, -0.2) is 40.8 Å². The molecular weight excluding hydrogens is 358 g/mol. The van der Waals surface area contributed by atoms with Gasteiger partial charge in [-0.1, -0.05) is 0 Å². The van der Waals surface area contributed by atoms with Crippen molar-refractivity contribution in [1.29, 1.82) is 0 Å². The summed E-state index contributed by atoms with van der Waals surface area (Å²) in [5.41, 5.74) is 0.898. The van der Waals surface area contributed by atoms with Crippen LogP contribution in [0.25, 0.3) is 0 Å². The lowest BCUT2D eigenvalue weighted by atomic mass is 10.0. The molecule has 1 aromatic heterocycles. The van der Waals surface area contributed by atoms with Gasteiger partial charge in [-0.25, -0.2) is 0 Å². The van der Waals surface area contributed by atoms with Crippen LogP contribution in [0.4, 0.5) is 5.82 Å². The Bertz CT molecular complexity index is 877. The third kappa shape index (κ3) is 3.03. The van der Waals surface area contributed by atoms with E-state index in [1.807, 2.05) is 13.8 Å². The highest BCUT2D eigenvalue weighted by atomic mass is 32.2. The number of aromatic nitrogens is 2. The molecule has 0 aliphatic carbocycles. The Morgan fingerprint density at radius 1 is 1.23 bits per heavy atom. The molecule has 8 nitrogen and oxygen atoms in total. The topological polar surface area (TPSA) is 106 Å². The van der Waals surface area contributed by atoms with Crippen LogP contribution in [0.5, 0.6) is 17.2 Å². The van der Waals surface area contributed by atoms with Crippen LogP contribution in [0.3, 0.4) is 0 Å². The molecule has 0 fully saturated rings. The largest absolute Gasteiger partial charge is 0.502 e. The van der Waals surface area contributed by atoms with E-state index in [9.17, 15) is 14.7 Å². The second-order valence-corrected chi connectivity index (χ2v) is 7.27. The van der Waals surface area contributed by atoms with Gasteiger partial charge < -0.3 is 19.9 Å². The molecule has 26 heavy (non-hydrogen) atoms. The van der Waals surface area contributed by atoms with E-state index in [1.165, 1.54) is 26.0 Å². The van der Waals surface area contributed by atoms with Gasteiger partial charge in [-0.3, -0.25) is 19.4 Å². The molecule has 3 N–H and O–H groups in total. The fourth-order valence-electron chi connectivity index (χ4n) is 2.96. The first kappa shape index (κ1) is 18.2. The van der Waals surface area contributed by atoms with E-state index in [0.717, 1.165) is 0 Å². The number of ether oxygens (including phenoxy) is 2. The summed E-state index contributed by atoms with van der Waals surface area (Å²) < 4.78 is 12.1. The number of phenols is 1. The van der Waals surface area contributed by atoms with Crippen molar-refractivity contribution in [1.82, 2.24) is 9.78 Å². The molecule has 0 saturated carbocycles.